The number of amides is 3. The van der Waals surface area contributed by atoms with Crippen molar-refractivity contribution in [2.75, 3.05) is 19.5 Å². The molecule has 1 atom stereocenters. The number of urea groups is 1. The Labute approximate surface area is 167 Å². The standard InChI is InChI=1S/C20H20ClN3O4/c1-11-17(19(25)23-14-7-5-4-6-13(14)21)18(24-20(26)22-11)12-8-9-15(27-2)16(10-12)28-3/h4-10,18H,1-3H3,(H,23,25)(H2,22,24,26). The second-order valence-electron chi connectivity index (χ2n) is 6.12. The highest BCUT2D eigenvalue weighted by Crippen LogP contribution is 2.34. The van der Waals surface area contributed by atoms with Crippen LogP contribution in [-0.4, -0.2) is 26.2 Å². The summed E-state index contributed by atoms with van der Waals surface area (Å²) in [5, 5.41) is 8.65. The predicted octanol–water partition coefficient (Wildman–Crippen LogP) is 3.62. The normalized spacial score (nSPS) is 16.1. The molecule has 0 aromatic heterocycles. The van der Waals surface area contributed by atoms with Crippen molar-refractivity contribution in [1.82, 2.24) is 10.6 Å². The average Bonchev–Trinajstić information content (AvgIpc) is 2.68. The van der Waals surface area contributed by atoms with Crippen molar-refractivity contribution < 1.29 is 19.1 Å². The van der Waals surface area contributed by atoms with Crippen molar-refractivity contribution >= 4 is 29.2 Å². The molecular weight excluding hydrogens is 382 g/mol. The number of ether oxygens (including phenoxy) is 2. The molecule has 1 aliphatic rings. The summed E-state index contributed by atoms with van der Waals surface area (Å²) in [7, 11) is 3.06. The van der Waals surface area contributed by atoms with E-state index in [1.165, 1.54) is 14.2 Å². The molecule has 2 aromatic rings. The van der Waals surface area contributed by atoms with Gasteiger partial charge in [0.25, 0.3) is 5.91 Å². The highest BCUT2D eigenvalue weighted by atomic mass is 35.5. The third-order valence-electron chi connectivity index (χ3n) is 4.38. The number of allylic oxidation sites excluding steroid dienone is 1. The molecular formula is C20H20ClN3O4. The molecule has 0 fully saturated rings. The van der Waals surface area contributed by atoms with Crippen LogP contribution < -0.4 is 25.4 Å². The molecule has 0 radical (unpaired) electrons. The molecule has 28 heavy (non-hydrogen) atoms. The van der Waals surface area contributed by atoms with Crippen molar-refractivity contribution in [2.24, 2.45) is 0 Å². The van der Waals surface area contributed by atoms with Crippen molar-refractivity contribution in [2.45, 2.75) is 13.0 Å². The van der Waals surface area contributed by atoms with E-state index in [1.54, 1.807) is 49.4 Å². The van der Waals surface area contributed by atoms with Gasteiger partial charge >= 0.3 is 6.03 Å². The van der Waals surface area contributed by atoms with Crippen LogP contribution in [0.2, 0.25) is 5.02 Å². The smallest absolute Gasteiger partial charge is 0.319 e. The van der Waals surface area contributed by atoms with E-state index in [9.17, 15) is 9.59 Å². The Bertz CT molecular complexity index is 958. The maximum absolute atomic E-state index is 13.0. The fourth-order valence-electron chi connectivity index (χ4n) is 3.03. The minimum atomic E-state index is -0.670. The Morgan fingerprint density at radius 3 is 2.50 bits per heavy atom. The summed E-state index contributed by atoms with van der Waals surface area (Å²) in [6.45, 7) is 1.67. The monoisotopic (exact) mass is 401 g/mol. The Hall–Kier alpha value is -3.19. The number of halogens is 1. The van der Waals surface area contributed by atoms with E-state index in [4.69, 9.17) is 21.1 Å². The molecule has 0 bridgehead atoms. The van der Waals surface area contributed by atoms with Gasteiger partial charge in [0.15, 0.2) is 11.5 Å². The maximum atomic E-state index is 13.0. The second-order valence-corrected chi connectivity index (χ2v) is 6.53. The number of anilines is 1. The first-order valence-electron chi connectivity index (χ1n) is 8.50. The zero-order chi connectivity index (χ0) is 20.3. The summed E-state index contributed by atoms with van der Waals surface area (Å²) in [6, 6.07) is 11.1. The van der Waals surface area contributed by atoms with E-state index in [0.717, 1.165) is 0 Å². The van der Waals surface area contributed by atoms with Crippen LogP contribution in [0.5, 0.6) is 11.5 Å². The van der Waals surface area contributed by atoms with Crippen LogP contribution in [0.25, 0.3) is 0 Å². The second kappa shape index (κ2) is 8.22. The van der Waals surface area contributed by atoms with Gasteiger partial charge < -0.3 is 25.4 Å². The van der Waals surface area contributed by atoms with E-state index < -0.39 is 12.1 Å². The van der Waals surface area contributed by atoms with Crippen LogP contribution in [-0.2, 0) is 4.79 Å². The van der Waals surface area contributed by atoms with Gasteiger partial charge in [0.1, 0.15) is 0 Å². The molecule has 3 N–H and O–H groups in total. The Balaban J connectivity index is 1.99. The number of nitrogens with one attached hydrogen (secondary N) is 3. The van der Waals surface area contributed by atoms with Gasteiger partial charge in [-0.15, -0.1) is 0 Å². The van der Waals surface area contributed by atoms with Crippen LogP contribution in [0.15, 0.2) is 53.7 Å². The summed E-state index contributed by atoms with van der Waals surface area (Å²) >= 11 is 6.15. The summed E-state index contributed by atoms with van der Waals surface area (Å²) in [5.41, 5.74) is 1.98. The predicted molar refractivity (Wildman–Crippen MR) is 107 cm³/mol. The number of benzene rings is 2. The minimum Gasteiger partial charge on any atom is -0.493 e. The van der Waals surface area contributed by atoms with Gasteiger partial charge in [-0.05, 0) is 36.8 Å². The molecule has 7 nitrogen and oxygen atoms in total. The lowest BCUT2D eigenvalue weighted by atomic mass is 9.94. The third-order valence-corrected chi connectivity index (χ3v) is 4.71. The van der Waals surface area contributed by atoms with Crippen LogP contribution in [0.1, 0.15) is 18.5 Å². The van der Waals surface area contributed by atoms with Gasteiger partial charge in [0, 0.05) is 5.70 Å². The van der Waals surface area contributed by atoms with E-state index in [1.807, 2.05) is 0 Å². The number of hydrogen-bond donors (Lipinski definition) is 3. The molecule has 1 unspecified atom stereocenters. The fraction of sp³-hybridized carbons (Fsp3) is 0.200. The topological polar surface area (TPSA) is 88.7 Å². The molecule has 1 heterocycles. The quantitative estimate of drug-likeness (QED) is 0.713. The van der Waals surface area contributed by atoms with Gasteiger partial charge in [0.05, 0.1) is 36.5 Å². The van der Waals surface area contributed by atoms with E-state index >= 15 is 0 Å². The lowest BCUT2D eigenvalue weighted by Gasteiger charge is -2.29. The highest BCUT2D eigenvalue weighted by Gasteiger charge is 2.32. The Morgan fingerprint density at radius 1 is 1.11 bits per heavy atom. The number of hydrogen-bond acceptors (Lipinski definition) is 4. The number of para-hydroxylation sites is 1. The van der Waals surface area contributed by atoms with Crippen LogP contribution in [0, 0.1) is 0 Å². The third kappa shape index (κ3) is 3.89. The minimum absolute atomic E-state index is 0.367. The summed E-state index contributed by atoms with van der Waals surface area (Å²) in [5.74, 6) is 0.670. The van der Waals surface area contributed by atoms with Gasteiger partial charge in [-0.3, -0.25) is 4.79 Å². The Kier molecular flexibility index (Phi) is 5.75. The number of carbonyl (C=O) groups excluding carboxylic acids is 2. The van der Waals surface area contributed by atoms with Crippen molar-refractivity contribution in [3.63, 3.8) is 0 Å². The van der Waals surface area contributed by atoms with Crippen molar-refractivity contribution in [3.8, 4) is 11.5 Å². The average molecular weight is 402 g/mol. The van der Waals surface area contributed by atoms with Gasteiger partial charge in [-0.2, -0.15) is 0 Å². The zero-order valence-corrected chi connectivity index (χ0v) is 16.4. The Morgan fingerprint density at radius 2 is 1.82 bits per heavy atom. The first kappa shape index (κ1) is 19.6. The van der Waals surface area contributed by atoms with Crippen LogP contribution in [0.4, 0.5) is 10.5 Å². The number of carbonyl (C=O) groups is 2. The molecule has 0 aliphatic carbocycles. The largest absolute Gasteiger partial charge is 0.493 e. The lowest BCUT2D eigenvalue weighted by Crippen LogP contribution is -2.46. The van der Waals surface area contributed by atoms with Crippen molar-refractivity contribution in [3.05, 3.63) is 64.3 Å². The first-order chi connectivity index (χ1) is 13.4. The maximum Gasteiger partial charge on any atom is 0.319 e. The molecule has 3 rings (SSSR count). The zero-order valence-electron chi connectivity index (χ0n) is 15.6. The lowest BCUT2D eigenvalue weighted by molar-refractivity contribution is -0.113. The molecule has 0 saturated heterocycles. The SMILES string of the molecule is COc1ccc(C2NC(=O)NC(C)=C2C(=O)Nc2ccccc2Cl)cc1OC. The van der Waals surface area contributed by atoms with Crippen LogP contribution >= 0.6 is 11.6 Å². The summed E-state index contributed by atoms with van der Waals surface area (Å²) in [6.07, 6.45) is 0. The number of methoxy groups -OCH3 is 2. The molecule has 0 spiro atoms. The number of rotatable bonds is 5. The van der Waals surface area contributed by atoms with E-state index in [2.05, 4.69) is 16.0 Å². The summed E-state index contributed by atoms with van der Waals surface area (Å²) in [4.78, 5) is 25.1. The van der Waals surface area contributed by atoms with E-state index in [-0.39, 0.29) is 5.91 Å². The molecule has 2 aromatic carbocycles. The molecule has 0 saturated carbocycles. The van der Waals surface area contributed by atoms with Crippen molar-refractivity contribution in [1.29, 1.82) is 0 Å². The van der Waals surface area contributed by atoms with Gasteiger partial charge in [-0.1, -0.05) is 29.8 Å². The van der Waals surface area contributed by atoms with Gasteiger partial charge in [-0.25, -0.2) is 4.79 Å². The molecule has 8 heteroatoms. The first-order valence-corrected chi connectivity index (χ1v) is 8.88. The fourth-order valence-corrected chi connectivity index (χ4v) is 3.21. The van der Waals surface area contributed by atoms with Crippen LogP contribution in [0.3, 0.4) is 0 Å². The van der Waals surface area contributed by atoms with E-state index in [0.29, 0.717) is 39.0 Å². The summed E-state index contributed by atoms with van der Waals surface area (Å²) < 4.78 is 10.6. The highest BCUT2D eigenvalue weighted by molar-refractivity contribution is 6.33. The molecule has 146 valence electrons. The molecule has 1 aliphatic heterocycles. The van der Waals surface area contributed by atoms with Gasteiger partial charge in [0.2, 0.25) is 0 Å². The molecule has 3 amide bonds.